The lowest BCUT2D eigenvalue weighted by Gasteiger charge is -2.25. The Hall–Kier alpha value is -1.97. The number of hydrogen-bond donors (Lipinski definition) is 2. The molecule has 116 valence electrons. The van der Waals surface area contributed by atoms with Gasteiger partial charge >= 0.3 is 5.97 Å². The van der Waals surface area contributed by atoms with E-state index in [1.165, 1.54) is 6.08 Å². The maximum Gasteiger partial charge on any atom is 0.328 e. The predicted molar refractivity (Wildman–Crippen MR) is 86.8 cm³/mol. The van der Waals surface area contributed by atoms with Crippen molar-refractivity contribution in [2.45, 2.75) is 39.5 Å². The molecule has 0 unspecified atom stereocenters. The Morgan fingerprint density at radius 3 is 2.29 bits per heavy atom. The number of carboxylic acids is 1. The van der Waals surface area contributed by atoms with Crippen molar-refractivity contribution in [3.05, 3.63) is 29.8 Å². The number of nitrogens with zero attached hydrogens (tertiary/aromatic N) is 1. The van der Waals surface area contributed by atoms with E-state index in [-0.39, 0.29) is 5.75 Å². The summed E-state index contributed by atoms with van der Waals surface area (Å²) in [5.41, 5.74) is 1.51. The van der Waals surface area contributed by atoms with Gasteiger partial charge in [-0.3, -0.25) is 0 Å². The van der Waals surface area contributed by atoms with Crippen LogP contribution in [0.15, 0.2) is 24.3 Å². The van der Waals surface area contributed by atoms with E-state index in [0.29, 0.717) is 5.56 Å². The highest BCUT2D eigenvalue weighted by Gasteiger charge is 2.08. The van der Waals surface area contributed by atoms with Gasteiger partial charge in [0.2, 0.25) is 0 Å². The summed E-state index contributed by atoms with van der Waals surface area (Å²) in [4.78, 5) is 12.8. The highest BCUT2D eigenvalue weighted by molar-refractivity contribution is 5.86. The summed E-state index contributed by atoms with van der Waals surface area (Å²) in [5, 5.41) is 18.7. The molecule has 0 aliphatic carbocycles. The molecule has 0 saturated carbocycles. The van der Waals surface area contributed by atoms with Crippen LogP contribution in [0.3, 0.4) is 0 Å². The lowest BCUT2D eigenvalue weighted by molar-refractivity contribution is -0.131. The van der Waals surface area contributed by atoms with E-state index in [9.17, 15) is 9.90 Å². The molecule has 0 heterocycles. The molecule has 0 saturated heterocycles. The zero-order valence-corrected chi connectivity index (χ0v) is 12.9. The first kappa shape index (κ1) is 17.1. The van der Waals surface area contributed by atoms with Crippen LogP contribution in [0.4, 0.5) is 5.69 Å². The molecule has 0 aliphatic heterocycles. The van der Waals surface area contributed by atoms with Crippen LogP contribution in [0.2, 0.25) is 0 Å². The second-order valence-corrected chi connectivity index (χ2v) is 5.11. The van der Waals surface area contributed by atoms with Gasteiger partial charge < -0.3 is 15.1 Å². The maximum absolute atomic E-state index is 10.5. The molecule has 2 N–H and O–H groups in total. The third-order valence-electron chi connectivity index (χ3n) is 3.35. The molecule has 0 atom stereocenters. The Bertz CT molecular complexity index is 475. The second kappa shape index (κ2) is 9.06. The van der Waals surface area contributed by atoms with E-state index in [0.717, 1.165) is 50.5 Å². The fraction of sp³-hybridized carbons (Fsp3) is 0.471. The summed E-state index contributed by atoms with van der Waals surface area (Å²) in [6.07, 6.45) is 6.93. The number of unbranched alkanes of at least 4 members (excludes halogenated alkanes) is 2. The van der Waals surface area contributed by atoms with Gasteiger partial charge in [0.1, 0.15) is 5.75 Å². The van der Waals surface area contributed by atoms with Crippen molar-refractivity contribution in [2.24, 2.45) is 0 Å². The molecule has 0 aromatic heterocycles. The number of aliphatic carboxylic acids is 1. The number of benzene rings is 1. The number of anilines is 1. The Balaban J connectivity index is 2.88. The highest BCUT2D eigenvalue weighted by atomic mass is 16.4. The zero-order valence-electron chi connectivity index (χ0n) is 12.9. The summed E-state index contributed by atoms with van der Waals surface area (Å²) in [5.74, 6) is -0.908. The topological polar surface area (TPSA) is 60.8 Å². The van der Waals surface area contributed by atoms with Crippen LogP contribution in [-0.4, -0.2) is 29.3 Å². The standard InChI is InChI=1S/C17H25NO3/c1-3-5-11-18(12-6-4-2)15-9-7-14(16(19)13-15)8-10-17(20)21/h7-10,13,19H,3-6,11-12H2,1-2H3,(H,20,21). The third-order valence-corrected chi connectivity index (χ3v) is 3.35. The molecule has 1 aromatic carbocycles. The zero-order chi connectivity index (χ0) is 15.7. The van der Waals surface area contributed by atoms with Crippen molar-refractivity contribution in [2.75, 3.05) is 18.0 Å². The average molecular weight is 291 g/mol. The molecule has 0 fully saturated rings. The van der Waals surface area contributed by atoms with Crippen molar-refractivity contribution < 1.29 is 15.0 Å². The molecule has 4 nitrogen and oxygen atoms in total. The first-order valence-corrected chi connectivity index (χ1v) is 7.57. The van der Waals surface area contributed by atoms with Crippen LogP contribution in [0.25, 0.3) is 6.08 Å². The molecule has 4 heteroatoms. The van der Waals surface area contributed by atoms with E-state index in [1.54, 1.807) is 12.1 Å². The lowest BCUT2D eigenvalue weighted by Crippen LogP contribution is -2.25. The van der Waals surface area contributed by atoms with E-state index in [1.807, 2.05) is 6.07 Å². The maximum atomic E-state index is 10.5. The lowest BCUT2D eigenvalue weighted by atomic mass is 10.1. The number of rotatable bonds is 9. The third kappa shape index (κ3) is 5.90. The Kier molecular flexibility index (Phi) is 7.37. The van der Waals surface area contributed by atoms with Crippen LogP contribution in [-0.2, 0) is 4.79 Å². The van der Waals surface area contributed by atoms with Crippen LogP contribution in [0, 0.1) is 0 Å². The summed E-state index contributed by atoms with van der Waals surface area (Å²) >= 11 is 0. The van der Waals surface area contributed by atoms with Crippen molar-refractivity contribution in [3.8, 4) is 5.75 Å². The SMILES string of the molecule is CCCCN(CCCC)c1ccc(C=CC(=O)O)c(O)c1. The quantitative estimate of drug-likeness (QED) is 0.677. The number of carbonyl (C=O) groups is 1. The van der Waals surface area contributed by atoms with Crippen molar-refractivity contribution >= 4 is 17.7 Å². The van der Waals surface area contributed by atoms with Gasteiger partial charge in [0, 0.05) is 36.5 Å². The summed E-state index contributed by atoms with van der Waals surface area (Å²) < 4.78 is 0. The molecule has 0 bridgehead atoms. The number of hydrogen-bond acceptors (Lipinski definition) is 3. The van der Waals surface area contributed by atoms with E-state index in [2.05, 4.69) is 18.7 Å². The van der Waals surface area contributed by atoms with E-state index >= 15 is 0 Å². The van der Waals surface area contributed by atoms with Gasteiger partial charge in [0.05, 0.1) is 0 Å². The first-order valence-electron chi connectivity index (χ1n) is 7.57. The van der Waals surface area contributed by atoms with Gasteiger partial charge in [0.15, 0.2) is 0 Å². The fourth-order valence-corrected chi connectivity index (χ4v) is 2.10. The molecular weight excluding hydrogens is 266 g/mol. The number of carboxylic acid groups (broad SMARTS) is 1. The smallest absolute Gasteiger partial charge is 0.328 e. The molecule has 0 spiro atoms. The number of aromatic hydroxyl groups is 1. The van der Waals surface area contributed by atoms with E-state index in [4.69, 9.17) is 5.11 Å². The van der Waals surface area contributed by atoms with Crippen LogP contribution in [0.1, 0.15) is 45.1 Å². The molecule has 21 heavy (non-hydrogen) atoms. The van der Waals surface area contributed by atoms with Gasteiger partial charge in [-0.15, -0.1) is 0 Å². The Morgan fingerprint density at radius 1 is 1.19 bits per heavy atom. The van der Waals surface area contributed by atoms with Crippen LogP contribution >= 0.6 is 0 Å². The molecule has 0 radical (unpaired) electrons. The summed E-state index contributed by atoms with van der Waals surface area (Å²) in [6.45, 7) is 6.27. The van der Waals surface area contributed by atoms with Gasteiger partial charge in [-0.25, -0.2) is 4.79 Å². The first-order chi connectivity index (χ1) is 10.1. The number of phenols is 1. The van der Waals surface area contributed by atoms with Crippen LogP contribution in [0.5, 0.6) is 5.75 Å². The van der Waals surface area contributed by atoms with Gasteiger partial charge in [-0.2, -0.15) is 0 Å². The molecule has 1 rings (SSSR count). The average Bonchev–Trinajstić information content (AvgIpc) is 2.46. The summed E-state index contributed by atoms with van der Waals surface area (Å²) in [6, 6.07) is 5.41. The molecular formula is C17H25NO3. The van der Waals surface area contributed by atoms with Gasteiger partial charge in [-0.05, 0) is 31.1 Å². The van der Waals surface area contributed by atoms with Gasteiger partial charge in [-0.1, -0.05) is 26.7 Å². The highest BCUT2D eigenvalue weighted by Crippen LogP contribution is 2.26. The second-order valence-electron chi connectivity index (χ2n) is 5.11. The molecule has 0 amide bonds. The fourth-order valence-electron chi connectivity index (χ4n) is 2.10. The predicted octanol–water partition coefficient (Wildman–Crippen LogP) is 3.90. The Morgan fingerprint density at radius 2 is 1.81 bits per heavy atom. The minimum Gasteiger partial charge on any atom is -0.507 e. The van der Waals surface area contributed by atoms with E-state index < -0.39 is 5.97 Å². The van der Waals surface area contributed by atoms with Gasteiger partial charge in [0.25, 0.3) is 0 Å². The Labute approximate surface area is 126 Å². The molecule has 1 aromatic rings. The van der Waals surface area contributed by atoms with Crippen molar-refractivity contribution in [1.82, 2.24) is 0 Å². The minimum atomic E-state index is -1.02. The monoisotopic (exact) mass is 291 g/mol. The normalized spacial score (nSPS) is 11.0. The largest absolute Gasteiger partial charge is 0.507 e. The van der Waals surface area contributed by atoms with Crippen molar-refractivity contribution in [1.29, 1.82) is 0 Å². The van der Waals surface area contributed by atoms with Crippen molar-refractivity contribution in [3.63, 3.8) is 0 Å². The molecule has 0 aliphatic rings. The van der Waals surface area contributed by atoms with Crippen LogP contribution < -0.4 is 4.90 Å². The number of phenolic OH excluding ortho intramolecular Hbond substituents is 1. The minimum absolute atomic E-state index is 0.114. The summed E-state index contributed by atoms with van der Waals surface area (Å²) in [7, 11) is 0.